The van der Waals surface area contributed by atoms with Gasteiger partial charge in [0.05, 0.1) is 17.9 Å². The van der Waals surface area contributed by atoms with E-state index in [4.69, 9.17) is 10.2 Å². The lowest BCUT2D eigenvalue weighted by atomic mass is 9.78. The third kappa shape index (κ3) is 3.02. The van der Waals surface area contributed by atoms with Gasteiger partial charge in [-0.15, -0.1) is 0 Å². The average molecular weight is 255 g/mol. The van der Waals surface area contributed by atoms with Gasteiger partial charge in [0.25, 0.3) is 0 Å². The molecule has 0 spiro atoms. The Labute approximate surface area is 107 Å². The van der Waals surface area contributed by atoms with Crippen LogP contribution in [0.15, 0.2) is 0 Å². The Balaban J connectivity index is 1.80. The van der Waals surface area contributed by atoms with E-state index in [-0.39, 0.29) is 17.9 Å². The minimum absolute atomic E-state index is 0.122. The molecule has 0 saturated heterocycles. The van der Waals surface area contributed by atoms with E-state index in [9.17, 15) is 9.59 Å². The fraction of sp³-hybridized carbons (Fsp3) is 0.846. The van der Waals surface area contributed by atoms with Gasteiger partial charge in [-0.25, -0.2) is 0 Å². The van der Waals surface area contributed by atoms with Crippen molar-refractivity contribution >= 4 is 11.9 Å². The molecule has 0 aromatic rings. The van der Waals surface area contributed by atoms with Crippen molar-refractivity contribution < 1.29 is 19.8 Å². The predicted molar refractivity (Wildman–Crippen MR) is 64.8 cm³/mol. The number of aliphatic hydroxyl groups excluding tert-OH is 1. The van der Waals surface area contributed by atoms with E-state index in [1.165, 1.54) is 0 Å². The van der Waals surface area contributed by atoms with Crippen molar-refractivity contribution in [3.05, 3.63) is 0 Å². The van der Waals surface area contributed by atoms with Crippen molar-refractivity contribution in [2.75, 3.05) is 6.54 Å². The predicted octanol–water partition coefficient (Wildman–Crippen LogP) is 0.764. The summed E-state index contributed by atoms with van der Waals surface area (Å²) in [5.41, 5.74) is 0. The van der Waals surface area contributed by atoms with Gasteiger partial charge in [-0.3, -0.25) is 9.59 Å². The molecule has 2 rings (SSSR count). The molecule has 5 nitrogen and oxygen atoms in total. The Hall–Kier alpha value is -1.10. The smallest absolute Gasteiger partial charge is 0.307 e. The number of hydrogen-bond donors (Lipinski definition) is 3. The molecular weight excluding hydrogens is 234 g/mol. The third-order valence-electron chi connectivity index (χ3n) is 4.20. The highest BCUT2D eigenvalue weighted by molar-refractivity contribution is 5.84. The number of carbonyl (C=O) groups is 2. The van der Waals surface area contributed by atoms with Gasteiger partial charge >= 0.3 is 5.97 Å². The molecular formula is C13H21NO4. The van der Waals surface area contributed by atoms with Crippen molar-refractivity contribution in [3.8, 4) is 0 Å². The number of hydrogen-bond acceptors (Lipinski definition) is 3. The Bertz CT molecular complexity index is 325. The summed E-state index contributed by atoms with van der Waals surface area (Å²) in [5.74, 6) is -1.51. The highest BCUT2D eigenvalue weighted by atomic mass is 16.4. The van der Waals surface area contributed by atoms with Gasteiger partial charge in [0.2, 0.25) is 5.91 Å². The largest absolute Gasteiger partial charge is 0.481 e. The zero-order chi connectivity index (χ0) is 13.1. The molecule has 1 amide bonds. The molecule has 2 fully saturated rings. The molecule has 0 aromatic carbocycles. The van der Waals surface area contributed by atoms with E-state index in [2.05, 4.69) is 5.32 Å². The maximum Gasteiger partial charge on any atom is 0.307 e. The SMILES string of the molecule is O=C(O)C1CCCCC1C(=O)NCC1CC(O)C1. The Morgan fingerprint density at radius 2 is 1.72 bits per heavy atom. The lowest BCUT2D eigenvalue weighted by Crippen LogP contribution is -2.44. The van der Waals surface area contributed by atoms with E-state index >= 15 is 0 Å². The second-order valence-corrected chi connectivity index (χ2v) is 5.57. The van der Waals surface area contributed by atoms with Crippen LogP contribution in [-0.4, -0.2) is 34.7 Å². The average Bonchev–Trinajstić information content (AvgIpc) is 2.32. The highest BCUT2D eigenvalue weighted by Crippen LogP contribution is 2.31. The molecule has 2 aliphatic rings. The van der Waals surface area contributed by atoms with Gasteiger partial charge in [-0.1, -0.05) is 12.8 Å². The van der Waals surface area contributed by atoms with Crippen molar-refractivity contribution in [3.63, 3.8) is 0 Å². The molecule has 102 valence electrons. The molecule has 2 saturated carbocycles. The number of carboxylic acid groups (broad SMARTS) is 1. The molecule has 3 N–H and O–H groups in total. The van der Waals surface area contributed by atoms with Gasteiger partial charge < -0.3 is 15.5 Å². The summed E-state index contributed by atoms with van der Waals surface area (Å²) < 4.78 is 0. The molecule has 0 bridgehead atoms. The van der Waals surface area contributed by atoms with Crippen LogP contribution in [0.4, 0.5) is 0 Å². The van der Waals surface area contributed by atoms with Gasteiger partial charge in [-0.05, 0) is 31.6 Å². The number of aliphatic hydroxyl groups is 1. The molecule has 0 heterocycles. The van der Waals surface area contributed by atoms with Crippen LogP contribution < -0.4 is 5.32 Å². The van der Waals surface area contributed by atoms with Crippen molar-refractivity contribution in [1.82, 2.24) is 5.32 Å². The lowest BCUT2D eigenvalue weighted by molar-refractivity contribution is -0.149. The number of nitrogens with one attached hydrogen (secondary N) is 1. The number of carboxylic acids is 1. The second kappa shape index (κ2) is 5.69. The zero-order valence-electron chi connectivity index (χ0n) is 10.5. The first-order valence-electron chi connectivity index (χ1n) is 6.76. The molecule has 0 aromatic heterocycles. The van der Waals surface area contributed by atoms with Crippen LogP contribution in [0.3, 0.4) is 0 Å². The maximum atomic E-state index is 12.0. The minimum Gasteiger partial charge on any atom is -0.481 e. The van der Waals surface area contributed by atoms with Crippen LogP contribution in [-0.2, 0) is 9.59 Å². The summed E-state index contributed by atoms with van der Waals surface area (Å²) in [4.78, 5) is 23.1. The third-order valence-corrected chi connectivity index (χ3v) is 4.20. The second-order valence-electron chi connectivity index (χ2n) is 5.57. The van der Waals surface area contributed by atoms with Crippen molar-refractivity contribution in [1.29, 1.82) is 0 Å². The van der Waals surface area contributed by atoms with Crippen LogP contribution in [0.5, 0.6) is 0 Å². The molecule has 2 aliphatic carbocycles. The van der Waals surface area contributed by atoms with Crippen LogP contribution in [0.2, 0.25) is 0 Å². The molecule has 2 atom stereocenters. The summed E-state index contributed by atoms with van der Waals surface area (Å²) in [6.07, 6.45) is 4.39. The zero-order valence-corrected chi connectivity index (χ0v) is 10.5. The Morgan fingerprint density at radius 1 is 1.11 bits per heavy atom. The highest BCUT2D eigenvalue weighted by Gasteiger charge is 2.36. The van der Waals surface area contributed by atoms with Gasteiger partial charge in [0.15, 0.2) is 0 Å². The van der Waals surface area contributed by atoms with Gasteiger partial charge in [-0.2, -0.15) is 0 Å². The fourth-order valence-corrected chi connectivity index (χ4v) is 2.98. The van der Waals surface area contributed by atoms with Gasteiger partial charge in [0.1, 0.15) is 0 Å². The van der Waals surface area contributed by atoms with E-state index in [0.717, 1.165) is 25.7 Å². The number of aliphatic carboxylic acids is 1. The van der Waals surface area contributed by atoms with Crippen molar-refractivity contribution in [2.24, 2.45) is 17.8 Å². The first-order valence-corrected chi connectivity index (χ1v) is 6.76. The van der Waals surface area contributed by atoms with Crippen LogP contribution in [0.25, 0.3) is 0 Å². The molecule has 5 heteroatoms. The monoisotopic (exact) mass is 255 g/mol. The van der Waals surface area contributed by atoms with E-state index in [1.807, 2.05) is 0 Å². The number of amides is 1. The first kappa shape index (κ1) is 13.3. The Kier molecular flexibility index (Phi) is 4.22. The maximum absolute atomic E-state index is 12.0. The quantitative estimate of drug-likeness (QED) is 0.692. The van der Waals surface area contributed by atoms with E-state index < -0.39 is 11.9 Å². The van der Waals surface area contributed by atoms with Crippen LogP contribution in [0, 0.1) is 17.8 Å². The van der Waals surface area contributed by atoms with E-state index in [1.54, 1.807) is 0 Å². The summed E-state index contributed by atoms with van der Waals surface area (Å²) in [6.45, 7) is 0.568. The number of carbonyl (C=O) groups excluding carboxylic acids is 1. The summed E-state index contributed by atoms with van der Waals surface area (Å²) in [5, 5.41) is 21.1. The molecule has 18 heavy (non-hydrogen) atoms. The standard InChI is InChI=1S/C13H21NO4/c15-9-5-8(6-9)7-14-12(16)10-3-1-2-4-11(10)13(17)18/h8-11,15H,1-7H2,(H,14,16)(H,17,18). The summed E-state index contributed by atoms with van der Waals surface area (Å²) >= 11 is 0. The molecule has 0 radical (unpaired) electrons. The normalized spacial score (nSPS) is 35.6. The summed E-state index contributed by atoms with van der Waals surface area (Å²) in [7, 11) is 0. The molecule has 2 unspecified atom stereocenters. The summed E-state index contributed by atoms with van der Waals surface area (Å²) in [6, 6.07) is 0. The minimum atomic E-state index is -0.853. The van der Waals surface area contributed by atoms with Crippen LogP contribution in [0.1, 0.15) is 38.5 Å². The van der Waals surface area contributed by atoms with Gasteiger partial charge in [0, 0.05) is 6.54 Å². The van der Waals surface area contributed by atoms with Crippen molar-refractivity contribution in [2.45, 2.75) is 44.6 Å². The Morgan fingerprint density at radius 3 is 2.28 bits per heavy atom. The number of rotatable bonds is 4. The molecule has 0 aliphatic heterocycles. The first-order chi connectivity index (χ1) is 8.58. The topological polar surface area (TPSA) is 86.6 Å². The van der Waals surface area contributed by atoms with Crippen LogP contribution >= 0.6 is 0 Å². The fourth-order valence-electron chi connectivity index (χ4n) is 2.98. The van der Waals surface area contributed by atoms with E-state index in [0.29, 0.717) is 25.3 Å². The lowest BCUT2D eigenvalue weighted by Gasteiger charge is -2.33.